The van der Waals surface area contributed by atoms with Gasteiger partial charge in [0.1, 0.15) is 24.2 Å². The number of nitrogen functional groups attached to an aromatic ring is 1. The second kappa shape index (κ2) is 18.2. The number of aliphatic carboxylic acids is 3. The fraction of sp³-hybridized carbons (Fsp3) is 0.552. The summed E-state index contributed by atoms with van der Waals surface area (Å²) in [7, 11) is 0. The Morgan fingerprint density at radius 3 is 1.73 bits per heavy atom. The molecule has 0 saturated heterocycles. The van der Waals surface area contributed by atoms with E-state index in [9.17, 15) is 38.7 Å². The van der Waals surface area contributed by atoms with Crippen LogP contribution < -0.4 is 32.7 Å². The normalized spacial score (nSPS) is 14.4. The number of benzene rings is 1. The van der Waals surface area contributed by atoms with Crippen molar-refractivity contribution in [2.24, 2.45) is 17.6 Å². The number of rotatable bonds is 19. The summed E-state index contributed by atoms with van der Waals surface area (Å²) in [5.41, 5.74) is 12.5. The van der Waals surface area contributed by atoms with E-state index in [-0.39, 0.29) is 31.6 Å². The quantitative estimate of drug-likeness (QED) is 0.0844. The second-order valence-electron chi connectivity index (χ2n) is 11.5. The van der Waals surface area contributed by atoms with Crippen LogP contribution in [0.25, 0.3) is 0 Å². The molecule has 0 radical (unpaired) electrons. The highest BCUT2D eigenvalue weighted by atomic mass is 16.4. The summed E-state index contributed by atoms with van der Waals surface area (Å²) in [6, 6.07) is -0.368. The van der Waals surface area contributed by atoms with E-state index in [0.29, 0.717) is 11.3 Å². The Morgan fingerprint density at radius 1 is 0.711 bits per heavy atom. The highest BCUT2D eigenvalue weighted by molar-refractivity contribution is 5.96. The highest BCUT2D eigenvalue weighted by Gasteiger charge is 2.33. The largest absolute Gasteiger partial charge is 0.481 e. The number of carbonyl (C=O) groups is 7. The van der Waals surface area contributed by atoms with Crippen molar-refractivity contribution in [1.29, 1.82) is 0 Å². The van der Waals surface area contributed by atoms with Gasteiger partial charge in [0.05, 0.1) is 12.5 Å². The van der Waals surface area contributed by atoms with Crippen LogP contribution in [0.15, 0.2) is 24.3 Å². The van der Waals surface area contributed by atoms with E-state index < -0.39 is 84.1 Å². The van der Waals surface area contributed by atoms with Crippen molar-refractivity contribution in [1.82, 2.24) is 21.3 Å². The molecule has 0 fully saturated rings. The van der Waals surface area contributed by atoms with Gasteiger partial charge in [-0.05, 0) is 42.4 Å². The fourth-order valence-electron chi connectivity index (χ4n) is 4.19. The van der Waals surface area contributed by atoms with Gasteiger partial charge >= 0.3 is 17.9 Å². The summed E-state index contributed by atoms with van der Waals surface area (Å²) >= 11 is 0. The lowest BCUT2D eigenvalue weighted by molar-refractivity contribution is -0.147. The number of nitrogens with two attached hydrogens (primary N) is 2. The fourth-order valence-corrected chi connectivity index (χ4v) is 4.19. The number of carbonyl (C=O) groups excluding carboxylic acids is 4. The molecule has 0 bridgehead atoms. The molecule has 0 saturated carbocycles. The van der Waals surface area contributed by atoms with Crippen LogP contribution in [0.1, 0.15) is 58.9 Å². The van der Waals surface area contributed by atoms with E-state index >= 15 is 0 Å². The molecule has 0 unspecified atom stereocenters. The van der Waals surface area contributed by atoms with Gasteiger partial charge in [-0.1, -0.05) is 39.8 Å². The molecule has 1 aromatic carbocycles. The zero-order valence-corrected chi connectivity index (χ0v) is 25.7. The molecule has 1 rings (SSSR count). The Bertz CT molecular complexity index is 1220. The van der Waals surface area contributed by atoms with Crippen molar-refractivity contribution in [3.63, 3.8) is 0 Å². The molecule has 1 aromatic rings. The maximum Gasteiger partial charge on any atom is 0.326 e. The summed E-state index contributed by atoms with van der Waals surface area (Å²) in [4.78, 5) is 86.2. The van der Waals surface area contributed by atoms with E-state index in [1.54, 1.807) is 52.0 Å². The molecular weight excluding hydrogens is 592 g/mol. The third-order valence-electron chi connectivity index (χ3n) is 6.64. The molecule has 0 aliphatic rings. The molecule has 0 spiro atoms. The molecule has 16 heteroatoms. The number of carboxylic acids is 3. The minimum absolute atomic E-state index is 0.113. The van der Waals surface area contributed by atoms with Crippen LogP contribution in [0, 0.1) is 11.8 Å². The van der Waals surface area contributed by atoms with Crippen LogP contribution in [-0.2, 0) is 40.0 Å². The Hall–Kier alpha value is -4.73. The van der Waals surface area contributed by atoms with E-state index in [0.717, 1.165) is 0 Å². The zero-order chi connectivity index (χ0) is 34.4. The summed E-state index contributed by atoms with van der Waals surface area (Å²) in [6.07, 6.45) is -1.42. The van der Waals surface area contributed by atoms with Gasteiger partial charge < -0.3 is 48.1 Å². The van der Waals surface area contributed by atoms with Crippen molar-refractivity contribution in [3.05, 3.63) is 29.8 Å². The topological polar surface area (TPSA) is 280 Å². The van der Waals surface area contributed by atoms with E-state index in [1.165, 1.54) is 0 Å². The first-order chi connectivity index (χ1) is 20.9. The predicted octanol–water partition coefficient (Wildman–Crippen LogP) is -0.796. The van der Waals surface area contributed by atoms with Gasteiger partial charge in [0, 0.05) is 18.5 Å². The van der Waals surface area contributed by atoms with Crippen molar-refractivity contribution >= 4 is 47.2 Å². The van der Waals surface area contributed by atoms with Crippen molar-refractivity contribution in [3.8, 4) is 0 Å². The van der Waals surface area contributed by atoms with Crippen LogP contribution in [0.5, 0.6) is 0 Å². The number of carboxylic acid groups (broad SMARTS) is 3. The Kier molecular flexibility index (Phi) is 15.5. The Labute approximate surface area is 260 Å². The number of anilines is 1. The van der Waals surface area contributed by atoms with Gasteiger partial charge in [0.15, 0.2) is 0 Å². The molecule has 16 nitrogen and oxygen atoms in total. The van der Waals surface area contributed by atoms with Gasteiger partial charge in [-0.25, -0.2) is 4.79 Å². The van der Waals surface area contributed by atoms with Crippen molar-refractivity contribution in [2.45, 2.75) is 90.0 Å². The standard InChI is InChI=1S/C29H44N6O10/c1-14(2)11-19(33-28(43)24(15(3)4)35-25(40)18(31)9-10-22(36)37)26(41)32-20(12-16-5-7-17(30)8-6-16)27(42)34-21(29(44)45)13-23(38)39/h5-8,14-15,18-21,24H,9-13,30-31H2,1-4H3,(H,32,41)(H,33,43)(H,34,42)(H,35,40)(H,36,37)(H,38,39)(H,44,45)/t18-,19-,20-,21-,24-/m0/s1. The number of hydrogen-bond donors (Lipinski definition) is 9. The molecular formula is C29H44N6O10. The van der Waals surface area contributed by atoms with Crippen LogP contribution >= 0.6 is 0 Å². The van der Waals surface area contributed by atoms with Crippen LogP contribution in [0.4, 0.5) is 5.69 Å². The average molecular weight is 637 g/mol. The van der Waals surface area contributed by atoms with Gasteiger partial charge in [-0.3, -0.25) is 28.8 Å². The summed E-state index contributed by atoms with van der Waals surface area (Å²) in [5, 5.41) is 37.1. The summed E-state index contributed by atoms with van der Waals surface area (Å²) in [5.74, 6) is -8.00. The average Bonchev–Trinajstić information content (AvgIpc) is 2.93. The summed E-state index contributed by atoms with van der Waals surface area (Å²) < 4.78 is 0. The molecule has 0 aromatic heterocycles. The molecule has 45 heavy (non-hydrogen) atoms. The maximum absolute atomic E-state index is 13.5. The number of nitrogens with one attached hydrogen (secondary N) is 4. The molecule has 4 amide bonds. The predicted molar refractivity (Wildman–Crippen MR) is 161 cm³/mol. The third-order valence-corrected chi connectivity index (χ3v) is 6.64. The lowest BCUT2D eigenvalue weighted by Gasteiger charge is -2.28. The number of hydrogen-bond acceptors (Lipinski definition) is 9. The monoisotopic (exact) mass is 636 g/mol. The lowest BCUT2D eigenvalue weighted by atomic mass is 9.98. The molecule has 0 heterocycles. The van der Waals surface area contributed by atoms with E-state index in [4.69, 9.17) is 21.7 Å². The first kappa shape index (κ1) is 38.3. The lowest BCUT2D eigenvalue weighted by Crippen LogP contribution is -2.60. The van der Waals surface area contributed by atoms with Gasteiger partial charge in [0.25, 0.3) is 0 Å². The van der Waals surface area contributed by atoms with Crippen molar-refractivity contribution < 1.29 is 48.9 Å². The SMILES string of the molecule is CC(C)C[C@H](NC(=O)[C@@H](NC(=O)[C@@H](N)CCC(=O)O)C(C)C)C(=O)N[C@@H](Cc1ccc(N)cc1)C(=O)N[C@@H](CC(=O)O)C(=O)O. The first-order valence-corrected chi connectivity index (χ1v) is 14.4. The van der Waals surface area contributed by atoms with Crippen LogP contribution in [-0.4, -0.2) is 87.1 Å². The zero-order valence-electron chi connectivity index (χ0n) is 25.7. The van der Waals surface area contributed by atoms with Gasteiger partial charge in [-0.15, -0.1) is 0 Å². The molecule has 0 aliphatic heterocycles. The second-order valence-corrected chi connectivity index (χ2v) is 11.5. The smallest absolute Gasteiger partial charge is 0.326 e. The maximum atomic E-state index is 13.5. The minimum Gasteiger partial charge on any atom is -0.481 e. The van der Waals surface area contributed by atoms with Crippen molar-refractivity contribution in [2.75, 3.05) is 5.73 Å². The van der Waals surface area contributed by atoms with Gasteiger partial charge in [-0.2, -0.15) is 0 Å². The first-order valence-electron chi connectivity index (χ1n) is 14.4. The summed E-state index contributed by atoms with van der Waals surface area (Å²) in [6.45, 7) is 6.87. The van der Waals surface area contributed by atoms with Gasteiger partial charge in [0.2, 0.25) is 23.6 Å². The molecule has 250 valence electrons. The number of amides is 4. The van der Waals surface area contributed by atoms with Crippen LogP contribution in [0.3, 0.4) is 0 Å². The molecule has 11 N–H and O–H groups in total. The van der Waals surface area contributed by atoms with E-state index in [1.807, 2.05) is 0 Å². The Balaban J connectivity index is 3.23. The minimum atomic E-state index is -1.77. The van der Waals surface area contributed by atoms with Crippen LogP contribution in [0.2, 0.25) is 0 Å². The highest BCUT2D eigenvalue weighted by Crippen LogP contribution is 2.12. The Morgan fingerprint density at radius 2 is 1.24 bits per heavy atom. The molecule has 5 atom stereocenters. The third kappa shape index (κ3) is 14.1. The molecule has 0 aliphatic carbocycles. The van der Waals surface area contributed by atoms with E-state index in [2.05, 4.69) is 21.3 Å².